The van der Waals surface area contributed by atoms with Crippen molar-refractivity contribution in [1.82, 2.24) is 5.32 Å². The molecule has 0 aromatic heterocycles. The summed E-state index contributed by atoms with van der Waals surface area (Å²) >= 11 is 0. The van der Waals surface area contributed by atoms with E-state index in [4.69, 9.17) is 4.74 Å². The second kappa shape index (κ2) is 10.2. The Morgan fingerprint density at radius 2 is 2.14 bits per heavy atom. The summed E-state index contributed by atoms with van der Waals surface area (Å²) in [5.41, 5.74) is -0.343. The van der Waals surface area contributed by atoms with Crippen molar-refractivity contribution in [1.29, 1.82) is 5.26 Å². The molecular weight excluding hydrogens is 260 g/mol. The molecular formula is C18H34N2O. The maximum Gasteiger partial charge on any atom is 0.109 e. The highest BCUT2D eigenvalue weighted by Gasteiger charge is 2.36. The van der Waals surface area contributed by atoms with Gasteiger partial charge in [-0.2, -0.15) is 5.26 Å². The Morgan fingerprint density at radius 3 is 2.76 bits per heavy atom. The van der Waals surface area contributed by atoms with Crippen LogP contribution in [-0.4, -0.2) is 24.8 Å². The van der Waals surface area contributed by atoms with Crippen molar-refractivity contribution in [2.45, 2.75) is 90.2 Å². The van der Waals surface area contributed by atoms with Gasteiger partial charge in [-0.05, 0) is 44.6 Å². The minimum absolute atomic E-state index is 0.262. The number of ether oxygens (including phenoxy) is 1. The van der Waals surface area contributed by atoms with Gasteiger partial charge in [-0.25, -0.2) is 0 Å². The molecule has 0 spiro atoms. The fraction of sp³-hybridized carbons (Fsp3) is 0.944. The van der Waals surface area contributed by atoms with Gasteiger partial charge in [-0.15, -0.1) is 0 Å². The van der Waals surface area contributed by atoms with E-state index in [-0.39, 0.29) is 11.6 Å². The van der Waals surface area contributed by atoms with E-state index in [1.54, 1.807) is 0 Å². The van der Waals surface area contributed by atoms with Gasteiger partial charge in [0.25, 0.3) is 0 Å². The van der Waals surface area contributed by atoms with E-state index in [0.29, 0.717) is 5.92 Å². The van der Waals surface area contributed by atoms with Crippen LogP contribution in [0.2, 0.25) is 0 Å². The molecule has 1 aliphatic rings. The first-order valence-electron chi connectivity index (χ1n) is 8.97. The highest BCUT2D eigenvalue weighted by molar-refractivity contribution is 5.10. The van der Waals surface area contributed by atoms with Crippen LogP contribution in [0.25, 0.3) is 0 Å². The monoisotopic (exact) mass is 294 g/mol. The van der Waals surface area contributed by atoms with Crippen LogP contribution in [-0.2, 0) is 4.74 Å². The molecule has 3 atom stereocenters. The summed E-state index contributed by atoms with van der Waals surface area (Å²) in [7, 11) is 0. The van der Waals surface area contributed by atoms with Gasteiger partial charge in [0.15, 0.2) is 0 Å². The normalized spacial score (nSPS) is 27.2. The molecule has 3 heteroatoms. The second-order valence-electron chi connectivity index (χ2n) is 6.59. The Bertz CT molecular complexity index is 313. The third-order valence-electron chi connectivity index (χ3n) is 4.74. The summed E-state index contributed by atoms with van der Waals surface area (Å²) in [5.74, 6) is 0.687. The number of hydrogen-bond acceptors (Lipinski definition) is 3. The molecule has 3 unspecified atom stereocenters. The molecule has 1 fully saturated rings. The number of unbranched alkanes of at least 4 members (excludes halogenated alkanes) is 1. The third kappa shape index (κ3) is 6.36. The van der Waals surface area contributed by atoms with Crippen molar-refractivity contribution in [3.05, 3.63) is 0 Å². The van der Waals surface area contributed by atoms with Gasteiger partial charge in [-0.3, -0.25) is 5.32 Å². The molecule has 0 bridgehead atoms. The summed E-state index contributed by atoms with van der Waals surface area (Å²) in [6.45, 7) is 8.45. The van der Waals surface area contributed by atoms with E-state index in [9.17, 15) is 5.26 Å². The van der Waals surface area contributed by atoms with Crippen molar-refractivity contribution in [2.24, 2.45) is 5.92 Å². The maximum absolute atomic E-state index is 9.56. The Balaban J connectivity index is 2.42. The summed E-state index contributed by atoms with van der Waals surface area (Å²) in [6, 6.07) is 2.53. The van der Waals surface area contributed by atoms with Crippen LogP contribution in [0.3, 0.4) is 0 Å². The molecule has 1 saturated carbocycles. The zero-order valence-electron chi connectivity index (χ0n) is 14.3. The lowest BCUT2D eigenvalue weighted by molar-refractivity contribution is -0.0105. The Morgan fingerprint density at radius 1 is 1.33 bits per heavy atom. The SMILES string of the molecule is CCCCC(CC)COC1CCCC(C#N)(NCCC)C1. The van der Waals surface area contributed by atoms with Gasteiger partial charge >= 0.3 is 0 Å². The Kier molecular flexibility index (Phi) is 8.96. The molecule has 1 rings (SSSR count). The van der Waals surface area contributed by atoms with Gasteiger partial charge in [0.05, 0.1) is 12.2 Å². The van der Waals surface area contributed by atoms with Crippen molar-refractivity contribution >= 4 is 0 Å². The van der Waals surface area contributed by atoms with Crippen LogP contribution in [0.5, 0.6) is 0 Å². The maximum atomic E-state index is 9.56. The standard InChI is InChI=1S/C18H34N2O/c1-4-7-9-16(6-3)14-21-17-10-8-11-18(13-17,15-19)20-12-5-2/h16-17,20H,4-14H2,1-3H3. The molecule has 1 aliphatic carbocycles. The number of hydrogen-bond donors (Lipinski definition) is 1. The first kappa shape index (κ1) is 18.5. The zero-order valence-corrected chi connectivity index (χ0v) is 14.3. The molecule has 122 valence electrons. The molecule has 0 saturated heterocycles. The predicted molar refractivity (Wildman–Crippen MR) is 88.2 cm³/mol. The van der Waals surface area contributed by atoms with E-state index < -0.39 is 0 Å². The number of nitriles is 1. The first-order chi connectivity index (χ1) is 10.2. The number of nitrogens with one attached hydrogen (secondary N) is 1. The van der Waals surface area contributed by atoms with Crippen LogP contribution in [0.15, 0.2) is 0 Å². The molecule has 0 aliphatic heterocycles. The van der Waals surface area contributed by atoms with Crippen LogP contribution in [0.1, 0.15) is 78.6 Å². The van der Waals surface area contributed by atoms with E-state index in [2.05, 4.69) is 32.2 Å². The van der Waals surface area contributed by atoms with Gasteiger partial charge in [0.2, 0.25) is 0 Å². The molecule has 0 aromatic rings. The fourth-order valence-corrected chi connectivity index (χ4v) is 3.20. The highest BCUT2D eigenvalue weighted by Crippen LogP contribution is 2.30. The molecule has 3 nitrogen and oxygen atoms in total. The summed E-state index contributed by atoms with van der Waals surface area (Å²) < 4.78 is 6.18. The van der Waals surface area contributed by atoms with E-state index >= 15 is 0 Å². The van der Waals surface area contributed by atoms with Crippen LogP contribution >= 0.6 is 0 Å². The molecule has 1 N–H and O–H groups in total. The zero-order chi connectivity index (χ0) is 15.6. The number of nitrogens with zero attached hydrogens (tertiary/aromatic N) is 1. The topological polar surface area (TPSA) is 45.0 Å². The Hall–Kier alpha value is -0.590. The lowest BCUT2D eigenvalue weighted by Crippen LogP contribution is -2.49. The molecule has 21 heavy (non-hydrogen) atoms. The van der Waals surface area contributed by atoms with Gasteiger partial charge in [0.1, 0.15) is 5.54 Å². The Labute approximate surface area is 131 Å². The van der Waals surface area contributed by atoms with Crippen LogP contribution in [0.4, 0.5) is 0 Å². The van der Waals surface area contributed by atoms with E-state index in [1.165, 1.54) is 25.7 Å². The van der Waals surface area contributed by atoms with Crippen molar-refractivity contribution in [2.75, 3.05) is 13.2 Å². The number of rotatable bonds is 10. The fourth-order valence-electron chi connectivity index (χ4n) is 3.20. The molecule has 0 aromatic carbocycles. The van der Waals surface area contributed by atoms with Gasteiger partial charge in [0, 0.05) is 13.0 Å². The summed E-state index contributed by atoms with van der Waals surface area (Å²) in [4.78, 5) is 0. The minimum atomic E-state index is -0.343. The average Bonchev–Trinajstić information content (AvgIpc) is 2.53. The second-order valence-corrected chi connectivity index (χ2v) is 6.59. The van der Waals surface area contributed by atoms with Crippen molar-refractivity contribution in [3.8, 4) is 6.07 Å². The summed E-state index contributed by atoms with van der Waals surface area (Å²) in [5, 5.41) is 13.0. The van der Waals surface area contributed by atoms with E-state index in [1.807, 2.05) is 0 Å². The van der Waals surface area contributed by atoms with Gasteiger partial charge < -0.3 is 4.74 Å². The lowest BCUT2D eigenvalue weighted by atomic mass is 9.81. The quantitative estimate of drug-likeness (QED) is 0.648. The first-order valence-corrected chi connectivity index (χ1v) is 8.97. The van der Waals surface area contributed by atoms with E-state index in [0.717, 1.165) is 45.3 Å². The van der Waals surface area contributed by atoms with Crippen molar-refractivity contribution in [3.63, 3.8) is 0 Å². The van der Waals surface area contributed by atoms with Gasteiger partial charge in [-0.1, -0.05) is 40.0 Å². The van der Waals surface area contributed by atoms with Crippen LogP contribution < -0.4 is 5.32 Å². The molecule has 0 amide bonds. The minimum Gasteiger partial charge on any atom is -0.378 e. The molecule has 0 heterocycles. The summed E-state index contributed by atoms with van der Waals surface area (Å²) in [6.07, 6.45) is 10.4. The van der Waals surface area contributed by atoms with Crippen LogP contribution in [0, 0.1) is 17.2 Å². The molecule has 0 radical (unpaired) electrons. The highest BCUT2D eigenvalue weighted by atomic mass is 16.5. The lowest BCUT2D eigenvalue weighted by Gasteiger charge is -2.37. The predicted octanol–water partition coefficient (Wildman–Crippen LogP) is 4.42. The average molecular weight is 294 g/mol. The largest absolute Gasteiger partial charge is 0.378 e. The van der Waals surface area contributed by atoms with Crippen molar-refractivity contribution < 1.29 is 4.74 Å². The third-order valence-corrected chi connectivity index (χ3v) is 4.74. The smallest absolute Gasteiger partial charge is 0.109 e.